The molecule has 3 aromatic carbocycles. The van der Waals surface area contributed by atoms with Crippen LogP contribution in [0.2, 0.25) is 5.02 Å². The van der Waals surface area contributed by atoms with Gasteiger partial charge in [0.25, 0.3) is 5.91 Å². The van der Waals surface area contributed by atoms with Crippen LogP contribution < -0.4 is 30.7 Å². The Balaban J connectivity index is 1.00. The average Bonchev–Trinajstić information content (AvgIpc) is 3.67. The molecule has 2 fully saturated rings. The van der Waals surface area contributed by atoms with Gasteiger partial charge in [0.15, 0.2) is 0 Å². The van der Waals surface area contributed by atoms with Crippen LogP contribution >= 0.6 is 11.6 Å². The molecule has 4 amide bonds. The highest BCUT2D eigenvalue weighted by molar-refractivity contribution is 6.31. The van der Waals surface area contributed by atoms with E-state index < -0.39 is 41.3 Å². The third-order valence-corrected chi connectivity index (χ3v) is 12.6. The number of halogens is 1. The fraction of sp³-hybridized carbons (Fsp3) is 0.510. The topological polar surface area (TPSA) is 215 Å². The van der Waals surface area contributed by atoms with Crippen LogP contribution in [0.1, 0.15) is 101 Å². The summed E-state index contributed by atoms with van der Waals surface area (Å²) in [6.07, 6.45) is 1.33. The molecule has 0 aromatic heterocycles. The molecule has 1 aliphatic carbocycles. The van der Waals surface area contributed by atoms with Gasteiger partial charge < -0.3 is 45.5 Å². The van der Waals surface area contributed by atoms with E-state index in [-0.39, 0.29) is 55.0 Å². The van der Waals surface area contributed by atoms with Gasteiger partial charge >= 0.3 is 0 Å². The Hall–Kier alpha value is -5.87. The lowest BCUT2D eigenvalue weighted by molar-refractivity contribution is -0.164. The summed E-state index contributed by atoms with van der Waals surface area (Å²) >= 11 is 6.23. The Labute approximate surface area is 387 Å². The number of benzene rings is 3. The number of likely N-dealkylation sites (tertiary alicyclic amines) is 1. The number of hydrogen-bond donors (Lipinski definition) is 5. The third-order valence-electron chi connectivity index (χ3n) is 12.3. The summed E-state index contributed by atoms with van der Waals surface area (Å²) < 4.78 is 17.4. The zero-order valence-corrected chi connectivity index (χ0v) is 39.3. The van der Waals surface area contributed by atoms with Crippen molar-refractivity contribution in [1.29, 1.82) is 10.5 Å². The van der Waals surface area contributed by atoms with E-state index >= 15 is 0 Å². The number of nitriles is 2. The van der Waals surface area contributed by atoms with Gasteiger partial charge in [-0.1, -0.05) is 66.1 Å². The summed E-state index contributed by atoms with van der Waals surface area (Å²) in [6, 6.07) is 19.3. The Bertz CT molecular complexity index is 2260. The predicted molar refractivity (Wildman–Crippen MR) is 246 cm³/mol. The first kappa shape index (κ1) is 50.1. The molecule has 0 bridgehead atoms. The second kappa shape index (κ2) is 21.4. The minimum atomic E-state index is -0.981. The Kier molecular flexibility index (Phi) is 16.5. The molecule has 1 aliphatic heterocycles. The summed E-state index contributed by atoms with van der Waals surface area (Å²) in [5.74, 6) is -0.545. The molecule has 3 aromatic rings. The molecular formula is C49H62ClN7O8. The zero-order valence-electron chi connectivity index (χ0n) is 38.5. The average molecular weight is 913 g/mol. The van der Waals surface area contributed by atoms with Gasteiger partial charge in [-0.15, -0.1) is 0 Å². The molecule has 348 valence electrons. The molecule has 15 nitrogen and oxygen atoms in total. The lowest BCUT2D eigenvalue weighted by Crippen LogP contribution is -2.74. The fourth-order valence-corrected chi connectivity index (χ4v) is 9.25. The number of ether oxygens (including phenoxy) is 3. The number of hydrogen-bond acceptors (Lipinski definition) is 11. The van der Waals surface area contributed by atoms with Crippen LogP contribution in [0, 0.1) is 38.9 Å². The normalized spacial score (nSPS) is 20.0. The quantitative estimate of drug-likeness (QED) is 0.0865. The maximum atomic E-state index is 13.9. The van der Waals surface area contributed by atoms with Crippen molar-refractivity contribution in [3.63, 3.8) is 0 Å². The van der Waals surface area contributed by atoms with E-state index in [0.717, 1.165) is 18.5 Å². The van der Waals surface area contributed by atoms with Crippen molar-refractivity contribution in [2.75, 3.05) is 38.7 Å². The second-order valence-corrected chi connectivity index (χ2v) is 19.4. The lowest BCUT2D eigenvalue weighted by Gasteiger charge is -2.63. The van der Waals surface area contributed by atoms with E-state index in [1.54, 1.807) is 48.5 Å². The van der Waals surface area contributed by atoms with Crippen LogP contribution in [0.3, 0.4) is 0 Å². The molecule has 2 aliphatic rings. The molecule has 0 spiro atoms. The van der Waals surface area contributed by atoms with E-state index in [4.69, 9.17) is 25.8 Å². The van der Waals surface area contributed by atoms with Gasteiger partial charge in [-0.2, -0.15) is 10.5 Å². The van der Waals surface area contributed by atoms with Gasteiger partial charge in [-0.05, 0) is 73.2 Å². The van der Waals surface area contributed by atoms with Crippen LogP contribution in [-0.4, -0.2) is 97.4 Å². The Morgan fingerprint density at radius 1 is 0.954 bits per heavy atom. The van der Waals surface area contributed by atoms with Crippen molar-refractivity contribution in [3.05, 3.63) is 87.9 Å². The smallest absolute Gasteiger partial charge is 0.251 e. The maximum Gasteiger partial charge on any atom is 0.251 e. The van der Waals surface area contributed by atoms with Crippen molar-refractivity contribution >= 4 is 40.9 Å². The van der Waals surface area contributed by atoms with E-state index in [1.165, 1.54) is 12.0 Å². The first-order valence-electron chi connectivity index (χ1n) is 21.9. The molecule has 16 heteroatoms. The van der Waals surface area contributed by atoms with Gasteiger partial charge in [0.05, 0.1) is 35.4 Å². The Morgan fingerprint density at radius 3 is 2.29 bits per heavy atom. The molecule has 0 radical (unpaired) electrons. The second-order valence-electron chi connectivity index (χ2n) is 19.0. The molecule has 65 heavy (non-hydrogen) atoms. The summed E-state index contributed by atoms with van der Waals surface area (Å²) in [4.78, 5) is 55.0. The third kappa shape index (κ3) is 12.3. The van der Waals surface area contributed by atoms with Gasteiger partial charge in [0, 0.05) is 72.4 Å². The van der Waals surface area contributed by atoms with Crippen LogP contribution in [0.5, 0.6) is 11.5 Å². The molecule has 5 rings (SSSR count). The number of anilines is 1. The number of unbranched alkanes of at least 4 members (excludes halogenated alkanes) is 2. The number of aliphatic hydroxyl groups excluding tert-OH is 1. The number of amides is 4. The maximum absolute atomic E-state index is 13.9. The van der Waals surface area contributed by atoms with Crippen LogP contribution in [0.4, 0.5) is 5.69 Å². The first-order valence-corrected chi connectivity index (χ1v) is 22.3. The highest BCUT2D eigenvalue weighted by atomic mass is 35.5. The zero-order chi connectivity index (χ0) is 47.7. The summed E-state index contributed by atoms with van der Waals surface area (Å²) in [6.45, 7) is 14.5. The predicted octanol–water partition coefficient (Wildman–Crippen LogP) is 6.11. The summed E-state index contributed by atoms with van der Waals surface area (Å²) in [5, 5.41) is 41.5. The molecule has 1 unspecified atom stereocenters. The Morgan fingerprint density at radius 2 is 1.66 bits per heavy atom. The number of rotatable bonds is 19. The number of nitrogens with one attached hydrogen (secondary N) is 4. The van der Waals surface area contributed by atoms with E-state index in [1.807, 2.05) is 39.0 Å². The van der Waals surface area contributed by atoms with E-state index in [9.17, 15) is 34.8 Å². The van der Waals surface area contributed by atoms with Crippen molar-refractivity contribution in [2.45, 2.75) is 111 Å². The van der Waals surface area contributed by atoms with Crippen LogP contribution in [0.25, 0.3) is 0 Å². The van der Waals surface area contributed by atoms with Gasteiger partial charge in [-0.25, -0.2) is 0 Å². The van der Waals surface area contributed by atoms with E-state index in [2.05, 4.69) is 55.0 Å². The molecule has 1 saturated heterocycles. The van der Waals surface area contributed by atoms with Crippen molar-refractivity contribution in [1.82, 2.24) is 20.9 Å². The van der Waals surface area contributed by atoms with Crippen molar-refractivity contribution in [2.24, 2.45) is 16.2 Å². The highest BCUT2D eigenvalue weighted by Crippen LogP contribution is 2.55. The number of carbonyl (C=O) groups is 4. The van der Waals surface area contributed by atoms with Crippen LogP contribution in [-0.2, 0) is 25.7 Å². The summed E-state index contributed by atoms with van der Waals surface area (Å²) in [7, 11) is 1.47. The lowest BCUT2D eigenvalue weighted by atomic mass is 9.49. The number of nitrogens with zero attached hydrogens (tertiary/aromatic N) is 3. The number of aliphatic hydroxyl groups is 1. The van der Waals surface area contributed by atoms with Gasteiger partial charge in [-0.3, -0.25) is 19.2 Å². The number of carbonyl (C=O) groups excluding carboxylic acids is 4. The molecule has 5 N–H and O–H groups in total. The standard InChI is InChI=1S/C49H62ClN7O8/c1-47(2,3)41(44(62)57-28-35(58)23-38(57)43(61)54-27-33-13-12-30(25-51)22-39(33)63-8)55-40(59)29-64-21-11-9-10-20-53-34-17-14-31(15-18-34)42(60)56-45-48(4,5)46(49(45,6)7)65-36-19-16-32(26-52)37(50)24-36/h12-19,22,24,35,38,41,45-46,53,58H,9-11,20-21,23,27-29H2,1-8H3,(H,54,61)(H,55,59)(H,56,60)/t35-,38+,41?,45?,46?/m1/s1. The largest absolute Gasteiger partial charge is 0.496 e. The number of methoxy groups -OCH3 is 1. The highest BCUT2D eigenvalue weighted by Gasteiger charge is 2.64. The summed E-state index contributed by atoms with van der Waals surface area (Å²) in [5.41, 5.74) is 1.40. The minimum absolute atomic E-state index is 0.0493. The van der Waals surface area contributed by atoms with Crippen molar-refractivity contribution < 1.29 is 38.5 Å². The van der Waals surface area contributed by atoms with Crippen LogP contribution in [0.15, 0.2) is 60.7 Å². The van der Waals surface area contributed by atoms with Crippen molar-refractivity contribution in [3.8, 4) is 23.6 Å². The minimum Gasteiger partial charge on any atom is -0.496 e. The fourth-order valence-electron chi connectivity index (χ4n) is 9.04. The number of β-amino-alcohol motifs (C(OH)–C–C–N with tert-alkyl or cyclic N) is 1. The first-order chi connectivity index (χ1) is 30.7. The molecule has 1 saturated carbocycles. The molecule has 1 heterocycles. The van der Waals surface area contributed by atoms with Gasteiger partial charge in [0.1, 0.15) is 42.4 Å². The SMILES string of the molecule is COc1cc(C#N)ccc1CNC(=O)[C@@H]1C[C@@H](O)CN1C(=O)C(NC(=O)COCCCCCNc1ccc(C(=O)NC2C(C)(C)C(Oc3ccc(C#N)c(Cl)c3)C2(C)C)cc1)C(C)(C)C. The van der Waals surface area contributed by atoms with Gasteiger partial charge in [0.2, 0.25) is 17.7 Å². The monoisotopic (exact) mass is 911 g/mol. The van der Waals surface area contributed by atoms with E-state index in [0.29, 0.717) is 58.3 Å². The molecular weight excluding hydrogens is 850 g/mol. The molecule has 3 atom stereocenters.